The number of rotatable bonds is 0. The van der Waals surface area contributed by atoms with E-state index in [0.29, 0.717) is 6.42 Å². The third-order valence-corrected chi connectivity index (χ3v) is 2.00. The van der Waals surface area contributed by atoms with Gasteiger partial charge in [0.1, 0.15) is 12.4 Å². The van der Waals surface area contributed by atoms with Gasteiger partial charge in [0.15, 0.2) is 5.78 Å². The lowest BCUT2D eigenvalue weighted by atomic mass is 10.0. The fraction of sp³-hybridized carbons (Fsp3) is 0.300. The second kappa shape index (κ2) is 2.63. The molecule has 0 spiro atoms. The molecule has 0 N–H and O–H groups in total. The maximum Gasteiger partial charge on any atom is 0.174 e. The first kappa shape index (κ1) is 7.35. The van der Waals surface area contributed by atoms with Crippen molar-refractivity contribution in [2.45, 2.75) is 13.3 Å². The molecule has 0 radical (unpaired) electrons. The van der Waals surface area contributed by atoms with Gasteiger partial charge in [-0.25, -0.2) is 0 Å². The Morgan fingerprint density at radius 3 is 3.08 bits per heavy atom. The number of hydrogen-bond acceptors (Lipinski definition) is 2. The molecule has 1 heterocycles. The Hall–Kier alpha value is -1.31. The molecule has 0 bridgehead atoms. The molecule has 0 aromatic heterocycles. The van der Waals surface area contributed by atoms with Crippen LogP contribution in [0.1, 0.15) is 11.1 Å². The number of benzene rings is 1. The van der Waals surface area contributed by atoms with E-state index in [4.69, 9.17) is 4.74 Å². The van der Waals surface area contributed by atoms with Gasteiger partial charge in [0.05, 0.1) is 0 Å². The van der Waals surface area contributed by atoms with Crippen LogP contribution in [-0.2, 0) is 11.2 Å². The van der Waals surface area contributed by atoms with Crippen LogP contribution in [0.25, 0.3) is 0 Å². The van der Waals surface area contributed by atoms with Gasteiger partial charge in [0.25, 0.3) is 0 Å². The number of ketones is 1. The Morgan fingerprint density at radius 1 is 1.42 bits per heavy atom. The van der Waals surface area contributed by atoms with Gasteiger partial charge in [-0.05, 0) is 18.6 Å². The normalized spacial score (nSPS) is 15.2. The Kier molecular flexibility index (Phi) is 1.61. The average molecular weight is 162 g/mol. The summed E-state index contributed by atoms with van der Waals surface area (Å²) in [4.78, 5) is 11.0. The summed E-state index contributed by atoms with van der Waals surface area (Å²) >= 11 is 0. The van der Waals surface area contributed by atoms with Crippen LogP contribution in [0, 0.1) is 6.92 Å². The first-order chi connectivity index (χ1) is 5.75. The summed E-state index contributed by atoms with van der Waals surface area (Å²) in [6.07, 6.45) is 0.523. The molecule has 0 aliphatic carbocycles. The summed E-state index contributed by atoms with van der Waals surface area (Å²) < 4.78 is 5.27. The van der Waals surface area contributed by atoms with Gasteiger partial charge in [-0.1, -0.05) is 12.1 Å². The third-order valence-electron chi connectivity index (χ3n) is 2.00. The molecule has 0 saturated carbocycles. The van der Waals surface area contributed by atoms with Crippen LogP contribution in [-0.4, -0.2) is 12.4 Å². The van der Waals surface area contributed by atoms with E-state index in [2.05, 4.69) is 0 Å². The SMILES string of the molecule is Cc1ccc2c(c1)OCC(=O)C2. The smallest absolute Gasteiger partial charge is 0.174 e. The van der Waals surface area contributed by atoms with E-state index >= 15 is 0 Å². The van der Waals surface area contributed by atoms with Gasteiger partial charge in [0, 0.05) is 12.0 Å². The van der Waals surface area contributed by atoms with Crippen LogP contribution < -0.4 is 4.74 Å². The summed E-state index contributed by atoms with van der Waals surface area (Å²) in [6, 6.07) is 5.93. The van der Waals surface area contributed by atoms with E-state index in [0.717, 1.165) is 11.3 Å². The summed E-state index contributed by atoms with van der Waals surface area (Å²) in [5, 5.41) is 0. The maximum atomic E-state index is 11.0. The van der Waals surface area contributed by atoms with E-state index in [1.807, 2.05) is 25.1 Å². The number of Topliss-reactive ketones (excluding diaryl/α,β-unsaturated/α-hetero) is 1. The highest BCUT2D eigenvalue weighted by atomic mass is 16.5. The minimum atomic E-state index is 0.159. The lowest BCUT2D eigenvalue weighted by Crippen LogP contribution is -2.20. The van der Waals surface area contributed by atoms with Gasteiger partial charge < -0.3 is 4.74 Å². The van der Waals surface area contributed by atoms with Gasteiger partial charge in [0.2, 0.25) is 0 Å². The zero-order chi connectivity index (χ0) is 8.55. The molecule has 0 saturated heterocycles. The van der Waals surface area contributed by atoms with Crippen molar-refractivity contribution < 1.29 is 9.53 Å². The molecule has 1 aromatic rings. The maximum absolute atomic E-state index is 11.0. The standard InChI is InChI=1S/C10H10O2/c1-7-2-3-8-5-9(11)6-12-10(8)4-7/h2-4H,5-6H2,1H3. The highest BCUT2D eigenvalue weighted by molar-refractivity contribution is 5.84. The predicted molar refractivity (Wildman–Crippen MR) is 45.4 cm³/mol. The Labute approximate surface area is 71.2 Å². The largest absolute Gasteiger partial charge is 0.486 e. The highest BCUT2D eigenvalue weighted by Crippen LogP contribution is 2.23. The van der Waals surface area contributed by atoms with Gasteiger partial charge >= 0.3 is 0 Å². The van der Waals surface area contributed by atoms with Crippen molar-refractivity contribution in [1.82, 2.24) is 0 Å². The second-order valence-electron chi connectivity index (χ2n) is 3.12. The molecule has 2 rings (SSSR count). The van der Waals surface area contributed by atoms with Crippen LogP contribution in [0.3, 0.4) is 0 Å². The van der Waals surface area contributed by atoms with Crippen molar-refractivity contribution in [3.05, 3.63) is 29.3 Å². The van der Waals surface area contributed by atoms with Crippen molar-refractivity contribution in [3.8, 4) is 5.75 Å². The van der Waals surface area contributed by atoms with Crippen molar-refractivity contribution in [2.24, 2.45) is 0 Å². The minimum absolute atomic E-state index is 0.159. The van der Waals surface area contributed by atoms with Gasteiger partial charge in [-0.3, -0.25) is 4.79 Å². The van der Waals surface area contributed by atoms with Crippen LogP contribution in [0.5, 0.6) is 5.75 Å². The predicted octanol–water partition coefficient (Wildman–Crippen LogP) is 1.50. The fourth-order valence-corrected chi connectivity index (χ4v) is 1.36. The Balaban J connectivity index is 2.43. The molecule has 62 valence electrons. The first-order valence-electron chi connectivity index (χ1n) is 4.00. The summed E-state index contributed by atoms with van der Waals surface area (Å²) in [7, 11) is 0. The van der Waals surface area contributed by atoms with Gasteiger partial charge in [-0.15, -0.1) is 0 Å². The topological polar surface area (TPSA) is 26.3 Å². The highest BCUT2D eigenvalue weighted by Gasteiger charge is 2.15. The van der Waals surface area contributed by atoms with Crippen molar-refractivity contribution in [1.29, 1.82) is 0 Å². The monoisotopic (exact) mass is 162 g/mol. The quantitative estimate of drug-likeness (QED) is 0.577. The summed E-state index contributed by atoms with van der Waals surface area (Å²) in [5.41, 5.74) is 2.18. The number of carbonyl (C=O) groups excluding carboxylic acids is 1. The number of aryl methyl sites for hydroxylation is 1. The lowest BCUT2D eigenvalue weighted by molar-refractivity contribution is -0.121. The Bertz CT molecular complexity index is 329. The van der Waals surface area contributed by atoms with E-state index in [9.17, 15) is 4.79 Å². The van der Waals surface area contributed by atoms with E-state index in [1.165, 1.54) is 5.56 Å². The summed E-state index contributed by atoms with van der Waals surface area (Å²) in [6.45, 7) is 2.25. The number of fused-ring (bicyclic) bond motifs is 1. The molecule has 0 unspecified atom stereocenters. The van der Waals surface area contributed by atoms with Crippen LogP contribution in [0.15, 0.2) is 18.2 Å². The average Bonchev–Trinajstić information content (AvgIpc) is 2.05. The number of hydrogen-bond donors (Lipinski definition) is 0. The fourth-order valence-electron chi connectivity index (χ4n) is 1.36. The molecule has 2 heteroatoms. The van der Waals surface area contributed by atoms with Crippen molar-refractivity contribution >= 4 is 5.78 Å². The molecular formula is C10H10O2. The third kappa shape index (κ3) is 1.20. The molecule has 1 aromatic carbocycles. The zero-order valence-corrected chi connectivity index (χ0v) is 6.96. The molecule has 0 atom stereocenters. The molecular weight excluding hydrogens is 152 g/mol. The summed E-state index contributed by atoms with van der Waals surface area (Å²) in [5.74, 6) is 1.03. The zero-order valence-electron chi connectivity index (χ0n) is 6.96. The molecule has 1 aliphatic heterocycles. The molecule has 0 fully saturated rings. The van der Waals surface area contributed by atoms with Gasteiger partial charge in [-0.2, -0.15) is 0 Å². The molecule has 2 nitrogen and oxygen atoms in total. The lowest BCUT2D eigenvalue weighted by Gasteiger charge is -2.16. The first-order valence-corrected chi connectivity index (χ1v) is 4.00. The van der Waals surface area contributed by atoms with E-state index in [-0.39, 0.29) is 12.4 Å². The van der Waals surface area contributed by atoms with Crippen LogP contribution in [0.2, 0.25) is 0 Å². The van der Waals surface area contributed by atoms with E-state index < -0.39 is 0 Å². The Morgan fingerprint density at radius 2 is 2.25 bits per heavy atom. The molecule has 1 aliphatic rings. The van der Waals surface area contributed by atoms with Crippen molar-refractivity contribution in [3.63, 3.8) is 0 Å². The molecule has 12 heavy (non-hydrogen) atoms. The number of ether oxygens (including phenoxy) is 1. The number of carbonyl (C=O) groups is 1. The minimum Gasteiger partial charge on any atom is -0.486 e. The molecule has 0 amide bonds. The van der Waals surface area contributed by atoms with Crippen LogP contribution in [0.4, 0.5) is 0 Å². The second-order valence-corrected chi connectivity index (χ2v) is 3.12. The van der Waals surface area contributed by atoms with E-state index in [1.54, 1.807) is 0 Å². The van der Waals surface area contributed by atoms with Crippen LogP contribution >= 0.6 is 0 Å². The van der Waals surface area contributed by atoms with Crippen molar-refractivity contribution in [2.75, 3.05) is 6.61 Å².